The third-order valence-electron chi connectivity index (χ3n) is 1.23. The topological polar surface area (TPSA) is 58.9 Å². The minimum absolute atomic E-state index is 0.0432. The van der Waals surface area contributed by atoms with Crippen LogP contribution in [0.5, 0.6) is 0 Å². The van der Waals surface area contributed by atoms with Crippen molar-refractivity contribution in [2.45, 2.75) is 21.4 Å². The van der Waals surface area contributed by atoms with Crippen LogP contribution in [0, 0.1) is 0 Å². The summed E-state index contributed by atoms with van der Waals surface area (Å²) in [6.45, 7) is 0. The Labute approximate surface area is 96.7 Å². The van der Waals surface area contributed by atoms with Gasteiger partial charge in [0.05, 0.1) is 0 Å². The van der Waals surface area contributed by atoms with E-state index in [1.807, 2.05) is 13.0 Å². The van der Waals surface area contributed by atoms with Crippen LogP contribution < -0.4 is 0 Å². The van der Waals surface area contributed by atoms with Crippen LogP contribution in [0.15, 0.2) is 9.98 Å². The molecule has 1 rings (SSSR count). The van der Waals surface area contributed by atoms with Crippen molar-refractivity contribution >= 4 is 51.9 Å². The molecule has 0 saturated carbocycles. The van der Waals surface area contributed by atoms with E-state index in [2.05, 4.69) is 9.98 Å². The number of aliphatic imine (C=N–C) groups is 2. The predicted molar refractivity (Wildman–Crippen MR) is 56.9 cm³/mol. The van der Waals surface area contributed by atoms with Crippen LogP contribution in [0.2, 0.25) is 10.6 Å². The number of nitrogens with zero attached hydrogens (tertiary/aromatic N) is 2. The molecule has 1 aliphatic heterocycles. The zero-order valence-electron chi connectivity index (χ0n) is 6.92. The van der Waals surface area contributed by atoms with Crippen LogP contribution in [0.3, 0.4) is 0 Å². The number of hydrogen-bond acceptors (Lipinski definition) is 6. The second-order valence-corrected chi connectivity index (χ2v) is 5.64. The van der Waals surface area contributed by atoms with Gasteiger partial charge in [0.15, 0.2) is 0 Å². The number of halogens is 1. The normalized spacial score (nSPS) is 24.7. The Kier molecular flexibility index (Phi) is 9.40. The molecule has 1 aliphatic rings. The van der Waals surface area contributed by atoms with E-state index >= 15 is 0 Å². The van der Waals surface area contributed by atoms with Gasteiger partial charge in [0.1, 0.15) is 0 Å². The fourth-order valence-corrected chi connectivity index (χ4v) is 4.94. The monoisotopic (exact) mass is 302 g/mol. The van der Waals surface area contributed by atoms with Crippen LogP contribution in [-0.2, 0) is 9.59 Å². The van der Waals surface area contributed by atoms with E-state index in [4.69, 9.17) is 0 Å². The molecule has 0 bridgehead atoms. The molecule has 1 heterocycles. The van der Waals surface area contributed by atoms with Gasteiger partial charge in [-0.1, -0.05) is 0 Å². The summed E-state index contributed by atoms with van der Waals surface area (Å²) in [4.78, 5) is 27.1. The van der Waals surface area contributed by atoms with Gasteiger partial charge in [0.2, 0.25) is 0 Å². The summed E-state index contributed by atoms with van der Waals surface area (Å²) in [5, 5.41) is 1.77. The summed E-state index contributed by atoms with van der Waals surface area (Å²) in [5.41, 5.74) is 0. The van der Waals surface area contributed by atoms with Gasteiger partial charge >= 0.3 is 79.8 Å². The summed E-state index contributed by atoms with van der Waals surface area (Å²) < 4.78 is 9.19. The molecule has 0 spiro atoms. The van der Waals surface area contributed by atoms with Gasteiger partial charge in [-0.2, -0.15) is 3.89 Å². The van der Waals surface area contributed by atoms with Crippen molar-refractivity contribution in [3.05, 3.63) is 0 Å². The first-order valence-corrected chi connectivity index (χ1v) is 7.11. The Hall–Kier alpha value is -0.0905. The van der Waals surface area contributed by atoms with Crippen molar-refractivity contribution in [2.24, 2.45) is 9.98 Å². The van der Waals surface area contributed by atoms with E-state index in [1.165, 1.54) is 23.9 Å². The number of carbonyl (C=O) groups excluding carboxylic acids is 2. The Morgan fingerprint density at radius 3 is 2.00 bits per heavy atom. The maximum atomic E-state index is 9.93. The van der Waals surface area contributed by atoms with E-state index in [1.54, 1.807) is 0 Å². The molecule has 0 aromatic carbocycles. The fourth-order valence-electron chi connectivity index (χ4n) is 0.783. The molecule has 2 atom stereocenters. The van der Waals surface area contributed by atoms with E-state index in [0.29, 0.717) is 15.0 Å². The van der Waals surface area contributed by atoms with Gasteiger partial charge in [-0.25, -0.2) is 0 Å². The second kappa shape index (κ2) is 9.46. The van der Waals surface area contributed by atoms with Crippen molar-refractivity contribution in [1.82, 2.24) is 0 Å². The first kappa shape index (κ1) is 13.9. The molecule has 1 saturated heterocycles. The summed E-state index contributed by atoms with van der Waals surface area (Å²) in [5.74, 6) is 0. The summed E-state index contributed by atoms with van der Waals surface area (Å²) >= 11 is 3.90. The molecule has 0 aliphatic carbocycles. The van der Waals surface area contributed by atoms with E-state index in [9.17, 15) is 13.5 Å². The zero-order chi connectivity index (χ0) is 10.8. The number of isocyanates is 2. The SMILES string of the molecule is FS.O=C=NC1C[Se]CC(N=C=O)S1. The van der Waals surface area contributed by atoms with Crippen LogP contribution in [0.1, 0.15) is 0 Å². The first-order valence-electron chi connectivity index (χ1n) is 3.41. The van der Waals surface area contributed by atoms with E-state index in [-0.39, 0.29) is 10.7 Å². The van der Waals surface area contributed by atoms with Gasteiger partial charge in [-0.3, -0.25) is 0 Å². The number of hydrogen-bond donors (Lipinski definition) is 1. The third kappa shape index (κ3) is 5.60. The zero-order valence-corrected chi connectivity index (χ0v) is 10.3. The van der Waals surface area contributed by atoms with Gasteiger partial charge in [-0.05, 0) is 0 Å². The molecular formula is C6H7FN2O2S2Se. The average Bonchev–Trinajstić information content (AvgIpc) is 2.22. The van der Waals surface area contributed by atoms with Gasteiger partial charge < -0.3 is 0 Å². The fraction of sp³-hybridized carbons (Fsp3) is 0.667. The van der Waals surface area contributed by atoms with Gasteiger partial charge in [-0.15, -0.1) is 0 Å². The quantitative estimate of drug-likeness (QED) is 0.363. The van der Waals surface area contributed by atoms with Gasteiger partial charge in [0.25, 0.3) is 0 Å². The minimum atomic E-state index is -0.0432. The van der Waals surface area contributed by atoms with E-state index in [0.717, 1.165) is 10.6 Å². The number of thiol groups is 1. The third-order valence-corrected chi connectivity index (χ3v) is 5.67. The Bertz CT molecular complexity index is 232. The Balaban J connectivity index is 0.000000791. The van der Waals surface area contributed by atoms with Crippen LogP contribution >= 0.6 is 24.8 Å². The first-order chi connectivity index (χ1) is 6.86. The molecule has 0 radical (unpaired) electrons. The van der Waals surface area contributed by atoms with Crippen LogP contribution in [0.4, 0.5) is 3.89 Å². The summed E-state index contributed by atoms with van der Waals surface area (Å²) in [6.07, 6.45) is 3.05. The van der Waals surface area contributed by atoms with Gasteiger partial charge in [0, 0.05) is 13.0 Å². The van der Waals surface area contributed by atoms with Crippen LogP contribution in [-0.4, -0.2) is 37.9 Å². The molecule has 8 heteroatoms. The van der Waals surface area contributed by atoms with Crippen molar-refractivity contribution in [1.29, 1.82) is 0 Å². The Morgan fingerprint density at radius 1 is 1.21 bits per heavy atom. The molecule has 14 heavy (non-hydrogen) atoms. The molecule has 2 unspecified atom stereocenters. The molecular weight excluding hydrogens is 294 g/mol. The molecule has 78 valence electrons. The number of rotatable bonds is 2. The molecule has 0 N–H and O–H groups in total. The van der Waals surface area contributed by atoms with Crippen LogP contribution in [0.25, 0.3) is 0 Å². The number of thioether (sulfide) groups is 1. The second-order valence-electron chi connectivity index (χ2n) is 2.02. The Morgan fingerprint density at radius 2 is 1.64 bits per heavy atom. The van der Waals surface area contributed by atoms with Crippen molar-refractivity contribution in [2.75, 3.05) is 0 Å². The summed E-state index contributed by atoms with van der Waals surface area (Å²) in [7, 11) is 0. The standard InChI is InChI=1S/C6H6N2O2SSe.FHS/c9-3-7-5-1-12-2-6(11-5)8-4-10;1-2/h5-6H,1-2H2;2H. The average molecular weight is 301 g/mol. The van der Waals surface area contributed by atoms with Crippen molar-refractivity contribution in [3.63, 3.8) is 0 Å². The maximum absolute atomic E-state index is 9.93. The van der Waals surface area contributed by atoms with Crippen molar-refractivity contribution in [3.8, 4) is 0 Å². The van der Waals surface area contributed by atoms with E-state index < -0.39 is 0 Å². The molecule has 0 aromatic heterocycles. The van der Waals surface area contributed by atoms with Crippen molar-refractivity contribution < 1.29 is 13.5 Å². The molecule has 4 nitrogen and oxygen atoms in total. The molecule has 0 aromatic rings. The summed E-state index contributed by atoms with van der Waals surface area (Å²) in [6, 6.07) is 0. The molecule has 1 fully saturated rings. The predicted octanol–water partition coefficient (Wildman–Crippen LogP) is 1.40. The molecule has 0 amide bonds.